The van der Waals surface area contributed by atoms with Gasteiger partial charge in [0, 0.05) is 6.20 Å². The van der Waals surface area contributed by atoms with E-state index in [0.29, 0.717) is 11.4 Å². The topological polar surface area (TPSA) is 39.2 Å². The third-order valence-electron chi connectivity index (χ3n) is 2.43. The molecule has 3 nitrogen and oxygen atoms in total. The van der Waals surface area contributed by atoms with Crippen LogP contribution in [0.2, 0.25) is 0 Å². The van der Waals surface area contributed by atoms with E-state index in [1.807, 2.05) is 6.92 Å². The number of ether oxygens (including phenoxy) is 1. The molecule has 0 spiro atoms. The smallest absolute Gasteiger partial charge is 0.417 e. The Balaban J connectivity index is 2.76. The number of thioether (sulfide) groups is 1. The first-order valence-electron chi connectivity index (χ1n) is 6.25. The molecule has 1 heterocycles. The van der Waals surface area contributed by atoms with E-state index in [2.05, 4.69) is 4.98 Å². The van der Waals surface area contributed by atoms with Gasteiger partial charge >= 0.3 is 12.1 Å². The molecule has 0 aliphatic heterocycles. The van der Waals surface area contributed by atoms with Crippen LogP contribution in [-0.4, -0.2) is 22.8 Å². The zero-order valence-electron chi connectivity index (χ0n) is 11.2. The number of hydrogen-bond acceptors (Lipinski definition) is 4. The number of rotatable bonds is 6. The summed E-state index contributed by atoms with van der Waals surface area (Å²) in [6, 6.07) is 2.23. The molecule has 0 aliphatic carbocycles. The number of pyridine rings is 1. The Morgan fingerprint density at radius 3 is 2.55 bits per heavy atom. The van der Waals surface area contributed by atoms with E-state index in [0.717, 1.165) is 30.4 Å². The van der Waals surface area contributed by atoms with Crippen LogP contribution < -0.4 is 0 Å². The van der Waals surface area contributed by atoms with Gasteiger partial charge in [-0.15, -0.1) is 0 Å². The molecule has 1 unspecified atom stereocenters. The monoisotopic (exact) mass is 307 g/mol. The van der Waals surface area contributed by atoms with Gasteiger partial charge in [0.05, 0.1) is 17.2 Å². The van der Waals surface area contributed by atoms with Crippen molar-refractivity contribution in [3.05, 3.63) is 23.9 Å². The van der Waals surface area contributed by atoms with Crippen molar-refractivity contribution >= 4 is 17.7 Å². The number of hydrogen-bond donors (Lipinski definition) is 0. The van der Waals surface area contributed by atoms with Crippen molar-refractivity contribution in [1.82, 2.24) is 4.98 Å². The van der Waals surface area contributed by atoms with Gasteiger partial charge in [-0.2, -0.15) is 13.2 Å². The second-order valence-corrected chi connectivity index (χ2v) is 5.25. The molecule has 1 atom stereocenters. The van der Waals surface area contributed by atoms with Gasteiger partial charge in [0.15, 0.2) is 0 Å². The van der Waals surface area contributed by atoms with Gasteiger partial charge in [0.2, 0.25) is 0 Å². The minimum atomic E-state index is -4.40. The van der Waals surface area contributed by atoms with Gasteiger partial charge in [0.25, 0.3) is 0 Å². The molecule has 1 aromatic heterocycles. The van der Waals surface area contributed by atoms with Gasteiger partial charge in [0.1, 0.15) is 5.25 Å². The van der Waals surface area contributed by atoms with Gasteiger partial charge < -0.3 is 4.74 Å². The number of esters is 1. The molecule has 0 aliphatic rings. The predicted octanol–water partition coefficient (Wildman–Crippen LogP) is 3.92. The molecule has 1 rings (SSSR count). The van der Waals surface area contributed by atoms with Crippen LogP contribution >= 0.6 is 11.8 Å². The molecule has 0 N–H and O–H groups in total. The minimum absolute atomic E-state index is 0.278. The third-order valence-corrected chi connectivity index (χ3v) is 3.62. The summed E-state index contributed by atoms with van der Waals surface area (Å²) in [6.45, 7) is 3.91. The molecular weight excluding hydrogens is 291 g/mol. The van der Waals surface area contributed by atoms with E-state index in [4.69, 9.17) is 4.74 Å². The van der Waals surface area contributed by atoms with Gasteiger partial charge in [-0.25, -0.2) is 4.98 Å². The summed E-state index contributed by atoms with van der Waals surface area (Å²) in [5.74, 6) is -0.360. The van der Waals surface area contributed by atoms with Crippen LogP contribution in [-0.2, 0) is 15.7 Å². The summed E-state index contributed by atoms with van der Waals surface area (Å²) in [5.41, 5.74) is -0.801. The highest BCUT2D eigenvalue weighted by Crippen LogP contribution is 2.31. The Morgan fingerprint density at radius 1 is 1.40 bits per heavy atom. The highest BCUT2D eigenvalue weighted by Gasteiger charge is 2.31. The van der Waals surface area contributed by atoms with Crippen LogP contribution in [0.1, 0.15) is 32.3 Å². The maximum Gasteiger partial charge on any atom is 0.417 e. The zero-order chi connectivity index (χ0) is 15.2. The van der Waals surface area contributed by atoms with Crippen LogP contribution in [0.3, 0.4) is 0 Å². The van der Waals surface area contributed by atoms with Crippen molar-refractivity contribution in [3.63, 3.8) is 0 Å². The molecular formula is C13H16F3NO2S. The van der Waals surface area contributed by atoms with Gasteiger partial charge in [-0.05, 0) is 25.5 Å². The maximum atomic E-state index is 12.4. The quantitative estimate of drug-likeness (QED) is 0.590. The van der Waals surface area contributed by atoms with Crippen molar-refractivity contribution in [1.29, 1.82) is 0 Å². The number of carbonyl (C=O) groups excluding carboxylic acids is 1. The lowest BCUT2D eigenvalue weighted by molar-refractivity contribution is -0.142. The van der Waals surface area contributed by atoms with Crippen LogP contribution in [0.15, 0.2) is 23.4 Å². The summed E-state index contributed by atoms with van der Waals surface area (Å²) >= 11 is 1.13. The standard InChI is InChI=1S/C13H16F3NO2S/c1-3-5-10(12(18)19-4-2)20-11-7-6-9(8-17-11)13(14,15)16/h6-8,10H,3-5H2,1-2H3. The summed E-state index contributed by atoms with van der Waals surface area (Å²) < 4.78 is 42.2. The van der Waals surface area contributed by atoms with Crippen molar-refractivity contribution in [2.24, 2.45) is 0 Å². The van der Waals surface area contributed by atoms with Crippen LogP contribution in [0, 0.1) is 0 Å². The Bertz CT molecular complexity index is 434. The minimum Gasteiger partial charge on any atom is -0.465 e. The fraction of sp³-hybridized carbons (Fsp3) is 0.538. The average Bonchev–Trinajstić information content (AvgIpc) is 2.38. The first-order valence-corrected chi connectivity index (χ1v) is 7.13. The van der Waals surface area contributed by atoms with Crippen molar-refractivity contribution in [2.45, 2.75) is 43.1 Å². The largest absolute Gasteiger partial charge is 0.465 e. The third kappa shape index (κ3) is 5.03. The van der Waals surface area contributed by atoms with E-state index < -0.39 is 17.0 Å². The molecule has 0 amide bonds. The normalized spacial score (nSPS) is 13.1. The number of carbonyl (C=O) groups is 1. The first kappa shape index (κ1) is 16.8. The van der Waals surface area contributed by atoms with Gasteiger partial charge in [-0.1, -0.05) is 25.1 Å². The van der Waals surface area contributed by atoms with Crippen molar-refractivity contribution in [2.75, 3.05) is 6.61 Å². The lowest BCUT2D eigenvalue weighted by Crippen LogP contribution is -2.20. The summed E-state index contributed by atoms with van der Waals surface area (Å²) in [6.07, 6.45) is -2.26. The maximum absolute atomic E-state index is 12.4. The molecule has 0 radical (unpaired) electrons. The van der Waals surface area contributed by atoms with Crippen molar-refractivity contribution in [3.8, 4) is 0 Å². The fourth-order valence-corrected chi connectivity index (χ4v) is 2.56. The van der Waals surface area contributed by atoms with E-state index in [-0.39, 0.29) is 12.6 Å². The van der Waals surface area contributed by atoms with Crippen molar-refractivity contribution < 1.29 is 22.7 Å². The van der Waals surface area contributed by atoms with E-state index in [9.17, 15) is 18.0 Å². The molecule has 0 bridgehead atoms. The number of aromatic nitrogens is 1. The molecule has 7 heteroatoms. The first-order chi connectivity index (χ1) is 9.38. The van der Waals surface area contributed by atoms with Gasteiger partial charge in [-0.3, -0.25) is 4.79 Å². The summed E-state index contributed by atoms with van der Waals surface area (Å²) in [4.78, 5) is 15.5. The molecule has 0 saturated heterocycles. The average molecular weight is 307 g/mol. The molecule has 0 saturated carbocycles. The lowest BCUT2D eigenvalue weighted by Gasteiger charge is -2.14. The van der Waals surface area contributed by atoms with E-state index in [1.165, 1.54) is 6.07 Å². The molecule has 0 fully saturated rings. The molecule has 112 valence electrons. The van der Waals surface area contributed by atoms with Crippen LogP contribution in [0.5, 0.6) is 0 Å². The highest BCUT2D eigenvalue weighted by atomic mass is 32.2. The highest BCUT2D eigenvalue weighted by molar-refractivity contribution is 8.00. The molecule has 0 aromatic carbocycles. The number of nitrogens with zero attached hydrogens (tertiary/aromatic N) is 1. The summed E-state index contributed by atoms with van der Waals surface area (Å²) in [5, 5.41) is -0.0614. The molecule has 1 aromatic rings. The Labute approximate surface area is 119 Å². The SMILES string of the molecule is CCCC(Sc1ccc(C(F)(F)F)cn1)C(=O)OCC. The number of alkyl halides is 3. The predicted molar refractivity (Wildman–Crippen MR) is 70.4 cm³/mol. The van der Waals surface area contributed by atoms with E-state index in [1.54, 1.807) is 6.92 Å². The van der Waals surface area contributed by atoms with Crippen LogP contribution in [0.4, 0.5) is 13.2 Å². The second-order valence-electron chi connectivity index (χ2n) is 4.03. The molecule has 20 heavy (non-hydrogen) atoms. The number of halogens is 3. The van der Waals surface area contributed by atoms with E-state index >= 15 is 0 Å². The van der Waals surface area contributed by atoms with Crippen LogP contribution in [0.25, 0.3) is 0 Å². The lowest BCUT2D eigenvalue weighted by atomic mass is 10.2. The Hall–Kier alpha value is -1.24. The second kappa shape index (κ2) is 7.52. The Morgan fingerprint density at radius 2 is 2.10 bits per heavy atom. The summed E-state index contributed by atoms with van der Waals surface area (Å²) in [7, 11) is 0. The zero-order valence-corrected chi connectivity index (χ0v) is 12.1. The Kier molecular flexibility index (Phi) is 6.32. The fourth-order valence-electron chi connectivity index (χ4n) is 1.49.